The molecule has 0 aliphatic carbocycles. The van der Waals surface area contributed by atoms with Gasteiger partial charge in [0.15, 0.2) is 0 Å². The molecule has 0 fully saturated rings. The van der Waals surface area contributed by atoms with Gasteiger partial charge in [-0.3, -0.25) is 9.80 Å². The monoisotopic (exact) mass is 334 g/mol. The Morgan fingerprint density at radius 3 is 2.41 bits per heavy atom. The molecule has 2 amide bonds. The number of benzene rings is 1. The quantitative estimate of drug-likeness (QED) is 0.687. The van der Waals surface area contributed by atoms with Crippen molar-refractivity contribution in [2.45, 2.75) is 13.1 Å². The van der Waals surface area contributed by atoms with Gasteiger partial charge in [0.2, 0.25) is 0 Å². The first-order valence-corrected chi connectivity index (χ1v) is 6.43. The van der Waals surface area contributed by atoms with Crippen LogP contribution >= 0.6 is 11.6 Å². The molecule has 0 saturated heterocycles. The molecule has 1 heterocycles. The van der Waals surface area contributed by atoms with Gasteiger partial charge in [0.05, 0.1) is 5.69 Å². The minimum atomic E-state index is -4.71. The Bertz CT molecular complexity index is 697. The summed E-state index contributed by atoms with van der Waals surface area (Å²) < 4.78 is 52.6. The molecule has 0 radical (unpaired) electrons. The van der Waals surface area contributed by atoms with Gasteiger partial charge in [-0.05, 0) is 30.7 Å². The zero-order valence-electron chi connectivity index (χ0n) is 11.6. The van der Waals surface area contributed by atoms with Crippen molar-refractivity contribution in [3.05, 3.63) is 52.6 Å². The zero-order valence-corrected chi connectivity index (χ0v) is 12.4. The van der Waals surface area contributed by atoms with Crippen LogP contribution in [0.1, 0.15) is 5.56 Å². The number of halogens is 5. The molecule has 3 nitrogen and oxygen atoms in total. The van der Waals surface area contributed by atoms with Gasteiger partial charge in [-0.15, -0.1) is 0 Å². The number of rotatable bonds is 1. The molecule has 0 unspecified atom stereocenters. The Morgan fingerprint density at radius 1 is 1.27 bits per heavy atom. The second-order valence-electron chi connectivity index (χ2n) is 4.75. The van der Waals surface area contributed by atoms with Crippen LogP contribution in [-0.2, 0) is 0 Å². The molecule has 1 aliphatic rings. The largest absolute Gasteiger partial charge is 0.431 e. The Labute approximate surface area is 129 Å². The average molecular weight is 335 g/mol. The van der Waals surface area contributed by atoms with Crippen LogP contribution in [0.5, 0.6) is 0 Å². The number of allylic oxidation sites excluding steroid dienone is 2. The first-order valence-electron chi connectivity index (χ1n) is 6.05. The molecule has 2 rings (SSSR count). The van der Waals surface area contributed by atoms with E-state index in [0.717, 1.165) is 18.0 Å². The van der Waals surface area contributed by atoms with Crippen molar-refractivity contribution < 1.29 is 22.4 Å². The van der Waals surface area contributed by atoms with Crippen molar-refractivity contribution in [1.29, 1.82) is 0 Å². The minimum absolute atomic E-state index is 0.149. The lowest BCUT2D eigenvalue weighted by molar-refractivity contribution is -0.106. The van der Waals surface area contributed by atoms with E-state index >= 15 is 0 Å². The Balaban J connectivity index is 2.55. The van der Waals surface area contributed by atoms with Crippen LogP contribution < -0.4 is 4.90 Å². The summed E-state index contributed by atoms with van der Waals surface area (Å²) in [6.07, 6.45) is -4.03. The topological polar surface area (TPSA) is 23.6 Å². The number of nitrogens with zero attached hydrogens (tertiary/aromatic N) is 2. The molecule has 1 aromatic rings. The van der Waals surface area contributed by atoms with E-state index in [-0.39, 0.29) is 16.4 Å². The second kappa shape index (κ2) is 5.31. The third kappa shape index (κ3) is 2.68. The predicted molar refractivity (Wildman–Crippen MR) is 75.1 cm³/mol. The number of anilines is 1. The lowest BCUT2D eigenvalue weighted by Gasteiger charge is -2.35. The Morgan fingerprint density at radius 2 is 1.86 bits per heavy atom. The predicted octanol–water partition coefficient (Wildman–Crippen LogP) is 4.62. The molecule has 1 aliphatic heterocycles. The van der Waals surface area contributed by atoms with Gasteiger partial charge in [0.1, 0.15) is 11.5 Å². The summed E-state index contributed by atoms with van der Waals surface area (Å²) in [5.74, 6) is -0.831. The number of hydrogen-bond donors (Lipinski definition) is 0. The summed E-state index contributed by atoms with van der Waals surface area (Å²) in [6.45, 7) is 5.00. The van der Waals surface area contributed by atoms with E-state index in [0.29, 0.717) is 16.5 Å². The molecule has 22 heavy (non-hydrogen) atoms. The molecular weight excluding hydrogens is 324 g/mol. The minimum Gasteiger partial charge on any atom is -0.292 e. The average Bonchev–Trinajstić information content (AvgIpc) is 2.38. The Kier molecular flexibility index (Phi) is 3.95. The smallest absolute Gasteiger partial charge is 0.292 e. The SMILES string of the molecule is C=C1C=C(C(F)(F)F)N(C)C(=O)N1c1cc(C)c(Cl)cc1F. The standard InChI is InChI=1S/C14H11ClF4N2O/c1-7-4-11(10(16)6-9(7)15)21-8(2)5-12(14(17,18)19)20(3)13(21)22/h4-6H,2H2,1,3H3. The highest BCUT2D eigenvalue weighted by Crippen LogP contribution is 2.37. The van der Waals surface area contributed by atoms with Crippen molar-refractivity contribution in [1.82, 2.24) is 4.90 Å². The third-order valence-electron chi connectivity index (χ3n) is 3.19. The lowest BCUT2D eigenvalue weighted by atomic mass is 10.1. The highest BCUT2D eigenvalue weighted by Gasteiger charge is 2.43. The number of amides is 2. The maximum absolute atomic E-state index is 14.0. The van der Waals surface area contributed by atoms with E-state index in [1.807, 2.05) is 0 Å². The van der Waals surface area contributed by atoms with Gasteiger partial charge in [-0.1, -0.05) is 18.2 Å². The molecule has 0 bridgehead atoms. The van der Waals surface area contributed by atoms with Crippen molar-refractivity contribution in [2.24, 2.45) is 0 Å². The number of alkyl halides is 3. The first kappa shape index (κ1) is 16.4. The van der Waals surface area contributed by atoms with Crippen LogP contribution in [0.4, 0.5) is 28.0 Å². The highest BCUT2D eigenvalue weighted by atomic mass is 35.5. The normalized spacial score (nSPS) is 16.2. The van der Waals surface area contributed by atoms with E-state index in [4.69, 9.17) is 11.6 Å². The molecule has 1 aromatic carbocycles. The van der Waals surface area contributed by atoms with Crippen LogP contribution in [0.25, 0.3) is 0 Å². The lowest BCUT2D eigenvalue weighted by Crippen LogP contribution is -2.46. The van der Waals surface area contributed by atoms with Crippen molar-refractivity contribution in [3.63, 3.8) is 0 Å². The van der Waals surface area contributed by atoms with Crippen molar-refractivity contribution in [2.75, 3.05) is 11.9 Å². The van der Waals surface area contributed by atoms with Gasteiger partial charge in [-0.25, -0.2) is 9.18 Å². The molecule has 118 valence electrons. The van der Waals surface area contributed by atoms with E-state index < -0.39 is 23.7 Å². The summed E-state index contributed by atoms with van der Waals surface area (Å²) in [7, 11) is 0.960. The second-order valence-corrected chi connectivity index (χ2v) is 5.16. The summed E-state index contributed by atoms with van der Waals surface area (Å²) >= 11 is 5.77. The summed E-state index contributed by atoms with van der Waals surface area (Å²) in [6, 6.07) is 1.22. The van der Waals surface area contributed by atoms with Crippen LogP contribution in [0, 0.1) is 12.7 Å². The molecule has 0 saturated carbocycles. The number of aryl methyl sites for hydroxylation is 1. The van der Waals surface area contributed by atoms with Gasteiger partial charge in [0.25, 0.3) is 0 Å². The maximum atomic E-state index is 14.0. The van der Waals surface area contributed by atoms with Gasteiger partial charge < -0.3 is 0 Å². The Hall–Kier alpha value is -2.02. The summed E-state index contributed by atoms with van der Waals surface area (Å²) in [4.78, 5) is 13.4. The highest BCUT2D eigenvalue weighted by molar-refractivity contribution is 6.31. The van der Waals surface area contributed by atoms with Crippen LogP contribution in [0.2, 0.25) is 5.02 Å². The first-order chi connectivity index (χ1) is 10.0. The number of carbonyl (C=O) groups excluding carboxylic acids is 1. The molecular formula is C14H11ClF4N2O. The number of carbonyl (C=O) groups is 1. The fourth-order valence-electron chi connectivity index (χ4n) is 2.04. The van der Waals surface area contributed by atoms with E-state index in [1.165, 1.54) is 6.07 Å². The van der Waals surface area contributed by atoms with E-state index in [2.05, 4.69) is 6.58 Å². The van der Waals surface area contributed by atoms with Crippen molar-refractivity contribution >= 4 is 23.3 Å². The maximum Gasteiger partial charge on any atom is 0.431 e. The van der Waals surface area contributed by atoms with Crippen LogP contribution in [0.3, 0.4) is 0 Å². The fraction of sp³-hybridized carbons (Fsp3) is 0.214. The molecule has 8 heteroatoms. The fourth-order valence-corrected chi connectivity index (χ4v) is 2.19. The van der Waals surface area contributed by atoms with Crippen LogP contribution in [0.15, 0.2) is 36.2 Å². The molecule has 0 aromatic heterocycles. The molecule has 0 spiro atoms. The summed E-state index contributed by atoms with van der Waals surface area (Å²) in [5, 5.41) is 0.149. The summed E-state index contributed by atoms with van der Waals surface area (Å²) in [5.41, 5.74) is -1.17. The number of hydrogen-bond acceptors (Lipinski definition) is 1. The van der Waals surface area contributed by atoms with E-state index in [1.54, 1.807) is 6.92 Å². The third-order valence-corrected chi connectivity index (χ3v) is 3.60. The van der Waals surface area contributed by atoms with Gasteiger partial charge in [0, 0.05) is 17.8 Å². The number of urea groups is 1. The molecule has 0 atom stereocenters. The van der Waals surface area contributed by atoms with Crippen LogP contribution in [-0.4, -0.2) is 24.2 Å². The zero-order chi connectivity index (χ0) is 16.8. The molecule has 0 N–H and O–H groups in total. The van der Waals surface area contributed by atoms with Gasteiger partial charge in [-0.2, -0.15) is 13.2 Å². The van der Waals surface area contributed by atoms with Crippen molar-refractivity contribution in [3.8, 4) is 0 Å². The van der Waals surface area contributed by atoms with E-state index in [9.17, 15) is 22.4 Å². The van der Waals surface area contributed by atoms with Gasteiger partial charge >= 0.3 is 12.2 Å².